The maximum atomic E-state index is 13.1. The maximum Gasteiger partial charge on any atom is 0.416 e. The van der Waals surface area contributed by atoms with Gasteiger partial charge in [-0.15, -0.1) is 0 Å². The van der Waals surface area contributed by atoms with Crippen molar-refractivity contribution < 1.29 is 27.3 Å². The number of amides is 1. The second-order valence-corrected chi connectivity index (χ2v) is 6.56. The van der Waals surface area contributed by atoms with Crippen LogP contribution >= 0.6 is 0 Å². The summed E-state index contributed by atoms with van der Waals surface area (Å²) in [5.41, 5.74) is -1.54. The molecule has 0 aliphatic heterocycles. The molecule has 0 saturated carbocycles. The molecule has 0 aliphatic rings. The molecule has 0 fully saturated rings. The van der Waals surface area contributed by atoms with Gasteiger partial charge in [-0.05, 0) is 37.3 Å². The zero-order valence-corrected chi connectivity index (χ0v) is 15.7. The van der Waals surface area contributed by atoms with Gasteiger partial charge >= 0.3 is 11.9 Å². The number of imidazole rings is 1. The molecule has 3 aromatic heterocycles. The van der Waals surface area contributed by atoms with Gasteiger partial charge < -0.3 is 8.98 Å². The number of rotatable bonds is 5. The minimum absolute atomic E-state index is 0.0237. The smallest absolute Gasteiger partial charge is 0.416 e. The van der Waals surface area contributed by atoms with Crippen molar-refractivity contribution in [3.05, 3.63) is 69.4 Å². The number of anilines is 1. The molecule has 2 N–H and O–H groups in total. The van der Waals surface area contributed by atoms with Gasteiger partial charge in [-0.3, -0.25) is 25.3 Å². The van der Waals surface area contributed by atoms with Gasteiger partial charge in [-0.2, -0.15) is 18.3 Å². The van der Waals surface area contributed by atoms with Crippen LogP contribution in [0.2, 0.25) is 0 Å². The lowest BCUT2D eigenvalue weighted by molar-refractivity contribution is -0.385. The lowest BCUT2D eigenvalue weighted by atomic mass is 10.2. The van der Waals surface area contributed by atoms with Gasteiger partial charge in [0, 0.05) is 0 Å². The maximum absolute atomic E-state index is 13.1. The van der Waals surface area contributed by atoms with Crippen LogP contribution in [0.25, 0.3) is 11.0 Å². The van der Waals surface area contributed by atoms with Crippen molar-refractivity contribution in [2.45, 2.75) is 19.6 Å². The third kappa shape index (κ3) is 3.72. The van der Waals surface area contributed by atoms with E-state index in [4.69, 9.17) is 4.42 Å². The number of hydrogen-bond acceptors (Lipinski definition) is 6. The molecule has 10 nitrogen and oxygen atoms in total. The summed E-state index contributed by atoms with van der Waals surface area (Å²) in [6, 6.07) is 6.25. The molecule has 3 heterocycles. The van der Waals surface area contributed by atoms with E-state index in [0.29, 0.717) is 11.3 Å². The molecular weight excluding hydrogens is 421 g/mol. The summed E-state index contributed by atoms with van der Waals surface area (Å²) in [7, 11) is 0. The summed E-state index contributed by atoms with van der Waals surface area (Å²) >= 11 is 0. The average molecular weight is 434 g/mol. The summed E-state index contributed by atoms with van der Waals surface area (Å²) in [4.78, 5) is 27.2. The Labute approximate surface area is 170 Å². The van der Waals surface area contributed by atoms with Crippen LogP contribution in [0, 0.1) is 17.0 Å². The van der Waals surface area contributed by atoms with Gasteiger partial charge in [0.15, 0.2) is 0 Å². The molecule has 0 unspecified atom stereocenters. The number of hydrogen-bond donors (Lipinski definition) is 2. The van der Waals surface area contributed by atoms with Gasteiger partial charge in [-0.25, -0.2) is 4.98 Å². The zero-order valence-electron chi connectivity index (χ0n) is 15.7. The fourth-order valence-corrected chi connectivity index (χ4v) is 3.09. The monoisotopic (exact) mass is 434 g/mol. The van der Waals surface area contributed by atoms with Crippen molar-refractivity contribution in [3.63, 3.8) is 0 Å². The number of furan rings is 1. The van der Waals surface area contributed by atoms with Crippen molar-refractivity contribution in [1.82, 2.24) is 19.7 Å². The fourth-order valence-electron chi connectivity index (χ4n) is 3.09. The molecule has 1 aromatic carbocycles. The van der Waals surface area contributed by atoms with E-state index in [0.717, 1.165) is 12.1 Å². The third-order valence-electron chi connectivity index (χ3n) is 4.51. The van der Waals surface area contributed by atoms with Crippen LogP contribution in [0.5, 0.6) is 0 Å². The highest BCUT2D eigenvalue weighted by atomic mass is 19.4. The number of nitro groups is 1. The second kappa shape index (κ2) is 7.27. The van der Waals surface area contributed by atoms with Crippen LogP contribution in [-0.4, -0.2) is 30.6 Å². The summed E-state index contributed by atoms with van der Waals surface area (Å²) < 4.78 is 46.0. The molecule has 1 amide bonds. The molecule has 4 rings (SSSR count). The zero-order chi connectivity index (χ0) is 22.3. The van der Waals surface area contributed by atoms with Crippen LogP contribution in [0.4, 0.5) is 24.8 Å². The largest absolute Gasteiger partial charge is 0.467 e. The summed E-state index contributed by atoms with van der Waals surface area (Å²) in [5, 5.41) is 19.7. The van der Waals surface area contributed by atoms with Crippen LogP contribution in [0.1, 0.15) is 27.5 Å². The van der Waals surface area contributed by atoms with E-state index >= 15 is 0 Å². The molecule has 31 heavy (non-hydrogen) atoms. The van der Waals surface area contributed by atoms with Crippen LogP contribution in [0.3, 0.4) is 0 Å². The summed E-state index contributed by atoms with van der Waals surface area (Å²) in [5.74, 6) is -0.606. The first kappa shape index (κ1) is 20.1. The van der Waals surface area contributed by atoms with Crippen molar-refractivity contribution in [3.8, 4) is 0 Å². The number of carbonyl (C=O) groups is 1. The molecule has 0 atom stereocenters. The first-order chi connectivity index (χ1) is 14.6. The van der Waals surface area contributed by atoms with Crippen LogP contribution in [0.15, 0.2) is 41.0 Å². The predicted octanol–water partition coefficient (Wildman–Crippen LogP) is 3.89. The molecule has 0 spiro atoms. The van der Waals surface area contributed by atoms with E-state index < -0.39 is 34.0 Å². The number of aromatic amines is 1. The fraction of sp³-hybridized carbons (Fsp3) is 0.167. The Bertz CT molecular complexity index is 1290. The van der Waals surface area contributed by atoms with E-state index in [1.165, 1.54) is 23.8 Å². The van der Waals surface area contributed by atoms with Gasteiger partial charge in [0.2, 0.25) is 11.6 Å². The van der Waals surface area contributed by atoms with E-state index in [9.17, 15) is 28.1 Å². The van der Waals surface area contributed by atoms with Gasteiger partial charge in [0.25, 0.3) is 5.91 Å². The number of aryl methyl sites for hydroxylation is 1. The lowest BCUT2D eigenvalue weighted by Crippen LogP contribution is -2.18. The first-order valence-electron chi connectivity index (χ1n) is 8.75. The number of fused-ring (bicyclic) bond motifs is 1. The Morgan fingerprint density at radius 2 is 2.13 bits per heavy atom. The Morgan fingerprint density at radius 3 is 2.77 bits per heavy atom. The summed E-state index contributed by atoms with van der Waals surface area (Å²) in [6.07, 6.45) is -3.15. The first-order valence-corrected chi connectivity index (χ1v) is 8.75. The minimum Gasteiger partial charge on any atom is -0.467 e. The highest BCUT2D eigenvalue weighted by molar-refractivity contribution is 6.05. The number of halogens is 3. The number of nitrogens with zero attached hydrogens (tertiary/aromatic N) is 4. The van der Waals surface area contributed by atoms with E-state index in [1.54, 1.807) is 12.1 Å². The number of aromatic nitrogens is 4. The molecule has 0 radical (unpaired) electrons. The molecule has 0 aliphatic carbocycles. The van der Waals surface area contributed by atoms with E-state index in [2.05, 4.69) is 20.5 Å². The van der Waals surface area contributed by atoms with Crippen LogP contribution in [-0.2, 0) is 12.7 Å². The molecule has 4 aromatic rings. The van der Waals surface area contributed by atoms with Crippen molar-refractivity contribution in [2.75, 3.05) is 5.32 Å². The lowest BCUT2D eigenvalue weighted by Gasteiger charge is -2.09. The molecule has 0 saturated heterocycles. The molecule has 0 bridgehead atoms. The average Bonchev–Trinajstić information content (AvgIpc) is 3.40. The number of benzene rings is 1. The standard InChI is InChI=1S/C18H13F3N6O4/c1-9-15(27(29)30)14(25-24-9)16(28)23-17-22-12-7-10(18(19,20)21)4-5-13(12)26(17)8-11-3-2-6-31-11/h2-7H,8H2,1H3,(H,24,25)(H,22,23,28). The number of carbonyl (C=O) groups excluding carboxylic acids is 1. The highest BCUT2D eigenvalue weighted by Crippen LogP contribution is 2.32. The normalized spacial score (nSPS) is 11.7. The topological polar surface area (TPSA) is 132 Å². The quantitative estimate of drug-likeness (QED) is 0.362. The number of H-pyrrole nitrogens is 1. The Balaban J connectivity index is 1.78. The molecular formula is C18H13F3N6O4. The van der Waals surface area contributed by atoms with Crippen LogP contribution < -0.4 is 5.32 Å². The van der Waals surface area contributed by atoms with Crippen molar-refractivity contribution >= 4 is 28.6 Å². The predicted molar refractivity (Wildman–Crippen MR) is 100 cm³/mol. The molecule has 13 heteroatoms. The van der Waals surface area contributed by atoms with Crippen molar-refractivity contribution in [2.24, 2.45) is 0 Å². The highest BCUT2D eigenvalue weighted by Gasteiger charge is 2.32. The van der Waals surface area contributed by atoms with E-state index in [-0.39, 0.29) is 23.7 Å². The SMILES string of the molecule is Cc1[nH]nc(C(=O)Nc2nc3cc(C(F)(F)F)ccc3n2Cc2ccco2)c1[N+](=O)[O-]. The van der Waals surface area contributed by atoms with Gasteiger partial charge in [0.05, 0.1) is 34.3 Å². The van der Waals surface area contributed by atoms with Crippen molar-refractivity contribution in [1.29, 1.82) is 0 Å². The Morgan fingerprint density at radius 1 is 1.35 bits per heavy atom. The Kier molecular flexibility index (Phi) is 4.72. The minimum atomic E-state index is -4.57. The van der Waals surface area contributed by atoms with Gasteiger partial charge in [0.1, 0.15) is 11.5 Å². The number of alkyl halides is 3. The summed E-state index contributed by atoms with van der Waals surface area (Å²) in [6.45, 7) is 1.43. The Hall–Kier alpha value is -4.16. The van der Waals surface area contributed by atoms with Gasteiger partial charge in [-0.1, -0.05) is 0 Å². The number of nitrogens with one attached hydrogen (secondary N) is 2. The third-order valence-corrected chi connectivity index (χ3v) is 4.51. The molecule has 160 valence electrons. The second-order valence-electron chi connectivity index (χ2n) is 6.56. The van der Waals surface area contributed by atoms with E-state index in [1.807, 2.05) is 0 Å².